The zero-order valence-corrected chi connectivity index (χ0v) is 18.4. The van der Waals surface area contributed by atoms with Crippen LogP contribution in [0, 0.1) is 0 Å². The van der Waals surface area contributed by atoms with Gasteiger partial charge < -0.3 is 44.5 Å². The Balaban J connectivity index is 1.49. The molecule has 3 aromatic carbocycles. The number of ketones is 1. The molecule has 182 valence electrons. The summed E-state index contributed by atoms with van der Waals surface area (Å²) < 4.78 is 23.0. The maximum Gasteiger partial charge on any atom is 0.202 e. The Kier molecular flexibility index (Phi) is 5.54. The lowest BCUT2D eigenvalue weighted by Gasteiger charge is -2.35. The molecule has 0 saturated carbocycles. The summed E-state index contributed by atoms with van der Waals surface area (Å²) in [5.74, 6) is -0.823. The van der Waals surface area contributed by atoms with Gasteiger partial charge in [0.1, 0.15) is 22.8 Å². The lowest BCUT2D eigenvalue weighted by molar-refractivity contribution is -0.0130. The number of carbonyl (C=O) groups excluding carboxylic acids is 1. The molecule has 5 rings (SSSR count). The van der Waals surface area contributed by atoms with Crippen molar-refractivity contribution >= 4 is 5.78 Å². The van der Waals surface area contributed by atoms with Crippen molar-refractivity contribution in [3.05, 3.63) is 65.2 Å². The maximum atomic E-state index is 12.7. The fraction of sp³-hybridized carbons (Fsp3) is 0.240. The normalized spacial score (nSPS) is 22.8. The van der Waals surface area contributed by atoms with Gasteiger partial charge in [-0.3, -0.25) is 4.79 Å². The van der Waals surface area contributed by atoms with E-state index in [4.69, 9.17) is 18.9 Å². The van der Waals surface area contributed by atoms with Gasteiger partial charge in [0.25, 0.3) is 0 Å². The average molecular weight is 482 g/mol. The van der Waals surface area contributed by atoms with Crippen LogP contribution in [0.15, 0.2) is 48.5 Å². The molecule has 4 atom stereocenters. The molecule has 0 saturated heterocycles. The van der Waals surface area contributed by atoms with Crippen molar-refractivity contribution in [3.8, 4) is 40.2 Å². The first kappa shape index (κ1) is 22.6. The zero-order chi connectivity index (χ0) is 24.9. The molecule has 35 heavy (non-hydrogen) atoms. The second-order valence-corrected chi connectivity index (χ2v) is 8.20. The summed E-state index contributed by atoms with van der Waals surface area (Å²) >= 11 is 0. The molecular formula is C25H22O10. The fourth-order valence-electron chi connectivity index (χ4n) is 4.28. The largest absolute Gasteiger partial charge is 0.508 e. The van der Waals surface area contributed by atoms with E-state index < -0.39 is 35.9 Å². The first-order valence-electron chi connectivity index (χ1n) is 10.7. The molecular weight excluding hydrogens is 460 g/mol. The lowest BCUT2D eigenvalue weighted by atomic mass is 9.92. The summed E-state index contributed by atoms with van der Waals surface area (Å²) in [5.41, 5.74) is 0.751. The van der Waals surface area contributed by atoms with Gasteiger partial charge in [-0.15, -0.1) is 0 Å². The first-order valence-corrected chi connectivity index (χ1v) is 10.7. The van der Waals surface area contributed by atoms with Crippen LogP contribution in [0.25, 0.3) is 0 Å². The van der Waals surface area contributed by atoms with Crippen LogP contribution in [-0.4, -0.2) is 57.2 Å². The Morgan fingerprint density at radius 2 is 1.54 bits per heavy atom. The topological polar surface area (TPSA) is 155 Å². The van der Waals surface area contributed by atoms with Crippen molar-refractivity contribution < 1.29 is 49.3 Å². The Labute approximate surface area is 199 Å². The highest BCUT2D eigenvalue weighted by atomic mass is 16.6. The van der Waals surface area contributed by atoms with Crippen LogP contribution in [0.3, 0.4) is 0 Å². The first-order chi connectivity index (χ1) is 16.8. The van der Waals surface area contributed by atoms with E-state index in [1.165, 1.54) is 19.2 Å². The molecule has 2 aliphatic heterocycles. The zero-order valence-electron chi connectivity index (χ0n) is 18.4. The second kappa shape index (κ2) is 8.57. The molecule has 2 heterocycles. The van der Waals surface area contributed by atoms with Crippen molar-refractivity contribution in [1.82, 2.24) is 0 Å². The molecule has 2 unspecified atom stereocenters. The summed E-state index contributed by atoms with van der Waals surface area (Å²) in [4.78, 5) is 12.7. The number of rotatable bonds is 4. The van der Waals surface area contributed by atoms with E-state index in [9.17, 15) is 30.3 Å². The van der Waals surface area contributed by atoms with Crippen LogP contribution in [0.5, 0.6) is 40.2 Å². The number of Topliss-reactive ketones (excluding diaryl/α,β-unsaturated/α-hetero) is 1. The van der Waals surface area contributed by atoms with Crippen molar-refractivity contribution in [1.29, 1.82) is 0 Å². The third-order valence-electron chi connectivity index (χ3n) is 6.00. The summed E-state index contributed by atoms with van der Waals surface area (Å²) in [5, 5.41) is 50.2. The lowest BCUT2D eigenvalue weighted by Crippen LogP contribution is -2.37. The van der Waals surface area contributed by atoms with Gasteiger partial charge in [0.05, 0.1) is 13.7 Å². The van der Waals surface area contributed by atoms with Gasteiger partial charge in [0, 0.05) is 17.7 Å². The second-order valence-electron chi connectivity index (χ2n) is 8.20. The van der Waals surface area contributed by atoms with E-state index in [1.54, 1.807) is 30.3 Å². The van der Waals surface area contributed by atoms with E-state index in [0.29, 0.717) is 16.9 Å². The molecule has 0 fully saturated rings. The van der Waals surface area contributed by atoms with E-state index >= 15 is 0 Å². The summed E-state index contributed by atoms with van der Waals surface area (Å²) in [6, 6.07) is 11.5. The van der Waals surface area contributed by atoms with Crippen molar-refractivity contribution in [2.45, 2.75) is 24.4 Å². The number of fused-ring (bicyclic) bond motifs is 2. The summed E-state index contributed by atoms with van der Waals surface area (Å²) in [6.07, 6.45) is -4.28. The van der Waals surface area contributed by atoms with Gasteiger partial charge in [0.2, 0.25) is 5.78 Å². The minimum absolute atomic E-state index is 0.0540. The monoisotopic (exact) mass is 482 g/mol. The van der Waals surface area contributed by atoms with Crippen molar-refractivity contribution in [2.75, 3.05) is 13.7 Å². The predicted molar refractivity (Wildman–Crippen MR) is 119 cm³/mol. The maximum absolute atomic E-state index is 12.7. The fourth-order valence-corrected chi connectivity index (χ4v) is 4.28. The van der Waals surface area contributed by atoms with E-state index in [-0.39, 0.29) is 40.9 Å². The molecule has 0 aliphatic carbocycles. The van der Waals surface area contributed by atoms with Crippen LogP contribution in [0.4, 0.5) is 0 Å². The molecule has 0 amide bonds. The molecule has 2 aliphatic rings. The third-order valence-corrected chi connectivity index (χ3v) is 6.00. The minimum atomic E-state index is -1.62. The number of phenolic OH excluding ortho intramolecular Hbond substituents is 3. The molecule has 5 N–H and O–H groups in total. The minimum Gasteiger partial charge on any atom is -0.508 e. The van der Waals surface area contributed by atoms with Gasteiger partial charge >= 0.3 is 0 Å². The van der Waals surface area contributed by atoms with Crippen LogP contribution >= 0.6 is 0 Å². The van der Waals surface area contributed by atoms with E-state index in [0.717, 1.165) is 6.07 Å². The highest BCUT2D eigenvalue weighted by Gasteiger charge is 2.40. The number of phenols is 3. The smallest absolute Gasteiger partial charge is 0.202 e. The summed E-state index contributed by atoms with van der Waals surface area (Å²) in [7, 11) is 1.41. The number of benzene rings is 3. The number of aliphatic hydroxyl groups is 2. The van der Waals surface area contributed by atoms with Gasteiger partial charge in [-0.1, -0.05) is 12.1 Å². The molecule has 3 aromatic rings. The number of aliphatic hydroxyl groups excluding tert-OH is 2. The molecule has 0 bridgehead atoms. The SMILES string of the molecule is COc1cc([C@@H]2Oc3cc(C4Oc5cc(O)cc(O)c5C(=O)C4O)ccc3O[C@H]2CO)ccc1O. The van der Waals surface area contributed by atoms with Gasteiger partial charge in [0.15, 0.2) is 47.4 Å². The highest BCUT2D eigenvalue weighted by molar-refractivity contribution is 6.05. The number of carbonyl (C=O) groups is 1. The number of hydrogen-bond acceptors (Lipinski definition) is 10. The standard InChI is InChI=1S/C25H22O10/c1-32-17-6-11(2-4-14(17)28)24-20(10-26)33-16-5-3-12(7-18(16)34-24)25-23(31)22(30)21-15(29)8-13(27)9-19(21)35-25/h2-9,20,23-29,31H,10H2,1H3/t20-,23?,24-,25?/m0/s1. The number of methoxy groups -OCH3 is 1. The number of ether oxygens (including phenoxy) is 4. The van der Waals surface area contributed by atoms with Crippen molar-refractivity contribution in [3.63, 3.8) is 0 Å². The van der Waals surface area contributed by atoms with Gasteiger partial charge in [-0.05, 0) is 29.8 Å². The average Bonchev–Trinajstić information content (AvgIpc) is 2.85. The van der Waals surface area contributed by atoms with Gasteiger partial charge in [-0.2, -0.15) is 0 Å². The number of hydrogen-bond donors (Lipinski definition) is 5. The van der Waals surface area contributed by atoms with E-state index in [1.807, 2.05) is 0 Å². The molecule has 0 aromatic heterocycles. The predicted octanol–water partition coefficient (Wildman–Crippen LogP) is 2.36. The Bertz CT molecular complexity index is 1300. The Morgan fingerprint density at radius 1 is 0.829 bits per heavy atom. The van der Waals surface area contributed by atoms with E-state index in [2.05, 4.69) is 0 Å². The quantitative estimate of drug-likeness (QED) is 0.374. The molecule has 0 radical (unpaired) electrons. The van der Waals surface area contributed by atoms with Crippen LogP contribution < -0.4 is 18.9 Å². The highest BCUT2D eigenvalue weighted by Crippen LogP contribution is 2.45. The Morgan fingerprint density at radius 3 is 2.29 bits per heavy atom. The molecule has 10 heteroatoms. The number of aromatic hydroxyl groups is 3. The molecule has 0 spiro atoms. The summed E-state index contributed by atoms with van der Waals surface area (Å²) in [6.45, 7) is -0.349. The van der Waals surface area contributed by atoms with Crippen LogP contribution in [0.2, 0.25) is 0 Å². The molecule has 10 nitrogen and oxygen atoms in total. The van der Waals surface area contributed by atoms with Crippen LogP contribution in [-0.2, 0) is 0 Å². The van der Waals surface area contributed by atoms with Crippen molar-refractivity contribution in [2.24, 2.45) is 0 Å². The van der Waals surface area contributed by atoms with Gasteiger partial charge in [-0.25, -0.2) is 0 Å². The third kappa shape index (κ3) is 3.82. The van der Waals surface area contributed by atoms with Crippen LogP contribution in [0.1, 0.15) is 33.7 Å². The Hall–Kier alpha value is -4.15.